The van der Waals surface area contributed by atoms with Gasteiger partial charge in [0.1, 0.15) is 17.2 Å². The molecule has 0 spiro atoms. The molecular formula is C21H22N4O3. The van der Waals surface area contributed by atoms with Gasteiger partial charge in [0.25, 0.3) is 5.56 Å². The first-order valence-corrected chi connectivity index (χ1v) is 9.51. The maximum absolute atomic E-state index is 12.1. The van der Waals surface area contributed by atoms with Crippen LogP contribution in [0.25, 0.3) is 22.0 Å². The number of piperazine rings is 1. The quantitative estimate of drug-likeness (QED) is 0.560. The van der Waals surface area contributed by atoms with E-state index in [0.717, 1.165) is 28.8 Å². The van der Waals surface area contributed by atoms with Crippen molar-refractivity contribution in [1.29, 1.82) is 0 Å². The fraction of sp³-hybridized carbons (Fsp3) is 0.286. The van der Waals surface area contributed by atoms with Crippen molar-refractivity contribution in [3.8, 4) is 22.8 Å². The van der Waals surface area contributed by atoms with Gasteiger partial charge in [-0.3, -0.25) is 14.5 Å². The van der Waals surface area contributed by atoms with Crippen molar-refractivity contribution in [3.05, 3.63) is 52.3 Å². The van der Waals surface area contributed by atoms with Gasteiger partial charge in [0.05, 0.1) is 17.3 Å². The second-order valence-electron chi connectivity index (χ2n) is 6.57. The monoisotopic (exact) mass is 378 g/mol. The van der Waals surface area contributed by atoms with Crippen LogP contribution in [0, 0.1) is 0 Å². The van der Waals surface area contributed by atoms with Crippen LogP contribution < -0.4 is 15.6 Å². The van der Waals surface area contributed by atoms with Crippen LogP contribution in [-0.2, 0) is 11.3 Å². The fourth-order valence-corrected chi connectivity index (χ4v) is 3.62. The SMILES string of the molecule is CC.O=C1CN(Cc2ccc3c(c2)-c2n[nH]c(=O)c4cccc(c24)O3)CCN1. The van der Waals surface area contributed by atoms with Gasteiger partial charge in [0.15, 0.2) is 0 Å². The zero-order valence-corrected chi connectivity index (χ0v) is 15.9. The molecule has 0 radical (unpaired) electrons. The summed E-state index contributed by atoms with van der Waals surface area (Å²) in [5.41, 5.74) is 2.41. The van der Waals surface area contributed by atoms with Crippen molar-refractivity contribution in [2.24, 2.45) is 0 Å². The number of amides is 1. The second kappa shape index (κ2) is 7.44. The molecule has 3 aromatic rings. The Kier molecular flexibility index (Phi) is 4.83. The van der Waals surface area contributed by atoms with E-state index in [1.54, 1.807) is 12.1 Å². The lowest BCUT2D eigenvalue weighted by atomic mass is 9.99. The molecule has 1 saturated heterocycles. The summed E-state index contributed by atoms with van der Waals surface area (Å²) in [6, 6.07) is 11.4. The number of aromatic amines is 1. The molecule has 2 aliphatic rings. The maximum atomic E-state index is 12.1. The van der Waals surface area contributed by atoms with Gasteiger partial charge in [-0.2, -0.15) is 5.10 Å². The summed E-state index contributed by atoms with van der Waals surface area (Å²) in [6.45, 7) is 6.57. The molecule has 2 N–H and O–H groups in total. The van der Waals surface area contributed by atoms with Crippen LogP contribution in [0.5, 0.6) is 11.5 Å². The van der Waals surface area contributed by atoms with E-state index in [0.29, 0.717) is 36.5 Å². The third-order valence-electron chi connectivity index (χ3n) is 4.82. The van der Waals surface area contributed by atoms with E-state index in [4.69, 9.17) is 4.74 Å². The highest BCUT2D eigenvalue weighted by Crippen LogP contribution is 2.44. The smallest absolute Gasteiger partial charge is 0.272 e. The first kappa shape index (κ1) is 18.2. The molecule has 7 nitrogen and oxygen atoms in total. The normalized spacial score (nSPS) is 15.1. The fourth-order valence-electron chi connectivity index (χ4n) is 3.62. The van der Waals surface area contributed by atoms with E-state index in [1.807, 2.05) is 38.1 Å². The van der Waals surface area contributed by atoms with Gasteiger partial charge >= 0.3 is 0 Å². The van der Waals surface area contributed by atoms with Crippen LogP contribution in [0.1, 0.15) is 19.4 Å². The van der Waals surface area contributed by atoms with Crippen LogP contribution in [0.15, 0.2) is 41.2 Å². The number of aromatic nitrogens is 2. The number of fused-ring (bicyclic) bond motifs is 2. The summed E-state index contributed by atoms with van der Waals surface area (Å²) in [7, 11) is 0. The van der Waals surface area contributed by atoms with Crippen LogP contribution in [0.4, 0.5) is 0 Å². The van der Waals surface area contributed by atoms with Crippen molar-refractivity contribution < 1.29 is 9.53 Å². The molecular weight excluding hydrogens is 356 g/mol. The predicted octanol–water partition coefficient (Wildman–Crippen LogP) is 2.65. The van der Waals surface area contributed by atoms with Gasteiger partial charge in [-0.1, -0.05) is 26.0 Å². The average molecular weight is 378 g/mol. The van der Waals surface area contributed by atoms with Gasteiger partial charge in [-0.05, 0) is 29.8 Å². The number of carbonyl (C=O) groups is 1. The van der Waals surface area contributed by atoms with E-state index < -0.39 is 0 Å². The zero-order valence-electron chi connectivity index (χ0n) is 15.9. The Balaban J connectivity index is 0.000000932. The van der Waals surface area contributed by atoms with Crippen LogP contribution in [-0.4, -0.2) is 40.6 Å². The minimum atomic E-state index is -0.229. The number of benzene rings is 2. The summed E-state index contributed by atoms with van der Waals surface area (Å²) in [4.78, 5) is 25.8. The zero-order chi connectivity index (χ0) is 19.7. The molecule has 0 bridgehead atoms. The Morgan fingerprint density at radius 3 is 2.82 bits per heavy atom. The van der Waals surface area contributed by atoms with Crippen molar-refractivity contribution in [2.45, 2.75) is 20.4 Å². The van der Waals surface area contributed by atoms with Crippen LogP contribution >= 0.6 is 0 Å². The second-order valence-corrected chi connectivity index (χ2v) is 6.57. The molecule has 3 heterocycles. The van der Waals surface area contributed by atoms with E-state index in [1.165, 1.54) is 0 Å². The maximum Gasteiger partial charge on any atom is 0.272 e. The summed E-state index contributed by atoms with van der Waals surface area (Å²) >= 11 is 0. The number of nitrogens with one attached hydrogen (secondary N) is 2. The van der Waals surface area contributed by atoms with Crippen molar-refractivity contribution in [3.63, 3.8) is 0 Å². The molecule has 7 heteroatoms. The van der Waals surface area contributed by atoms with E-state index in [2.05, 4.69) is 20.4 Å². The Morgan fingerprint density at radius 2 is 2.00 bits per heavy atom. The van der Waals surface area contributed by atoms with Crippen LogP contribution in [0.2, 0.25) is 0 Å². The predicted molar refractivity (Wildman–Crippen MR) is 108 cm³/mol. The highest BCUT2D eigenvalue weighted by Gasteiger charge is 2.23. The molecule has 1 fully saturated rings. The van der Waals surface area contributed by atoms with E-state index in [9.17, 15) is 9.59 Å². The number of rotatable bonds is 2. The molecule has 2 aliphatic heterocycles. The Morgan fingerprint density at radius 1 is 1.14 bits per heavy atom. The van der Waals surface area contributed by atoms with Gasteiger partial charge in [0.2, 0.25) is 5.91 Å². The van der Waals surface area contributed by atoms with Crippen molar-refractivity contribution in [2.75, 3.05) is 19.6 Å². The Bertz CT molecular complexity index is 1110. The first-order valence-electron chi connectivity index (χ1n) is 9.51. The van der Waals surface area contributed by atoms with Crippen LogP contribution in [0.3, 0.4) is 0 Å². The summed E-state index contributed by atoms with van der Waals surface area (Å²) < 4.78 is 6.00. The third kappa shape index (κ3) is 3.14. The van der Waals surface area contributed by atoms with E-state index >= 15 is 0 Å². The van der Waals surface area contributed by atoms with Gasteiger partial charge < -0.3 is 10.1 Å². The minimum absolute atomic E-state index is 0.0514. The van der Waals surface area contributed by atoms with Gasteiger partial charge in [0, 0.05) is 25.2 Å². The molecule has 1 amide bonds. The highest BCUT2D eigenvalue weighted by molar-refractivity contribution is 6.01. The molecule has 144 valence electrons. The number of hydrogen-bond acceptors (Lipinski definition) is 5. The van der Waals surface area contributed by atoms with E-state index in [-0.39, 0.29) is 11.5 Å². The Hall–Kier alpha value is -3.19. The number of hydrogen-bond donors (Lipinski definition) is 2. The topological polar surface area (TPSA) is 87.3 Å². The highest BCUT2D eigenvalue weighted by atomic mass is 16.5. The Labute approximate surface area is 162 Å². The van der Waals surface area contributed by atoms with Gasteiger partial charge in [-0.25, -0.2) is 5.10 Å². The molecule has 2 aromatic carbocycles. The molecule has 0 saturated carbocycles. The molecule has 5 rings (SSSR count). The van der Waals surface area contributed by atoms with Crippen molar-refractivity contribution >= 4 is 16.7 Å². The molecule has 1 aromatic heterocycles. The molecule has 0 unspecified atom stereocenters. The standard InChI is InChI=1S/C19H16N4O3.C2H6/c24-16-10-23(7-6-20-16)9-11-4-5-14-13(8-11)18-17-12(19(25)22-21-18)2-1-3-15(17)26-14;1-2/h1-5,8H,6-7,9-10H2,(H,20,24)(H,22,25);1-2H3. The van der Waals surface area contributed by atoms with Crippen molar-refractivity contribution in [1.82, 2.24) is 20.4 Å². The minimum Gasteiger partial charge on any atom is -0.456 e. The number of nitrogens with zero attached hydrogens (tertiary/aromatic N) is 2. The lowest BCUT2D eigenvalue weighted by Crippen LogP contribution is -2.47. The molecule has 0 atom stereocenters. The van der Waals surface area contributed by atoms with Gasteiger partial charge in [-0.15, -0.1) is 0 Å². The number of H-pyrrole nitrogens is 1. The largest absolute Gasteiger partial charge is 0.456 e. The molecule has 28 heavy (non-hydrogen) atoms. The summed E-state index contributed by atoms with van der Waals surface area (Å²) in [5, 5.41) is 11.0. The summed E-state index contributed by atoms with van der Waals surface area (Å²) in [6.07, 6.45) is 0. The third-order valence-corrected chi connectivity index (χ3v) is 4.82. The number of carbonyl (C=O) groups excluding carboxylic acids is 1. The lowest BCUT2D eigenvalue weighted by molar-refractivity contribution is -0.124. The first-order chi connectivity index (χ1) is 13.7. The average Bonchev–Trinajstić information content (AvgIpc) is 2.72. The summed E-state index contributed by atoms with van der Waals surface area (Å²) in [5.74, 6) is 1.41. The number of ether oxygens (including phenoxy) is 1. The lowest BCUT2D eigenvalue weighted by Gasteiger charge is -2.27. The molecule has 0 aliphatic carbocycles.